The summed E-state index contributed by atoms with van der Waals surface area (Å²) in [7, 11) is 0. The second-order valence-corrected chi connectivity index (χ2v) is 7.97. The van der Waals surface area contributed by atoms with Crippen LogP contribution in [-0.2, 0) is 11.0 Å². The largest absolute Gasteiger partial charge is 0.494 e. The molecule has 0 aliphatic heterocycles. The van der Waals surface area contributed by atoms with Crippen molar-refractivity contribution in [2.75, 3.05) is 11.9 Å². The van der Waals surface area contributed by atoms with Gasteiger partial charge in [0.05, 0.1) is 28.1 Å². The molecule has 0 aliphatic rings. The highest BCUT2D eigenvalue weighted by molar-refractivity contribution is 8.00. The van der Waals surface area contributed by atoms with E-state index in [2.05, 4.69) is 15.5 Å². The number of rotatable bonds is 7. The maximum atomic E-state index is 12.9. The van der Waals surface area contributed by atoms with E-state index in [1.165, 1.54) is 0 Å². The van der Waals surface area contributed by atoms with Gasteiger partial charge < -0.3 is 14.5 Å². The summed E-state index contributed by atoms with van der Waals surface area (Å²) in [6.07, 6.45) is -4.55. The Labute approximate surface area is 185 Å². The van der Waals surface area contributed by atoms with Crippen molar-refractivity contribution in [3.63, 3.8) is 0 Å². The number of aromatic nitrogens is 2. The van der Waals surface area contributed by atoms with E-state index in [-0.39, 0.29) is 21.8 Å². The van der Waals surface area contributed by atoms with Crippen molar-refractivity contribution in [2.24, 2.45) is 0 Å². The first-order chi connectivity index (χ1) is 14.7. The molecule has 0 spiro atoms. The van der Waals surface area contributed by atoms with Crippen LogP contribution in [0.3, 0.4) is 0 Å². The number of alkyl halides is 3. The molecule has 1 aromatic heterocycles. The minimum Gasteiger partial charge on any atom is -0.494 e. The maximum Gasteiger partial charge on any atom is 0.416 e. The van der Waals surface area contributed by atoms with Gasteiger partial charge in [-0.1, -0.05) is 23.4 Å². The summed E-state index contributed by atoms with van der Waals surface area (Å²) in [6.45, 7) is 3.99. The molecule has 0 saturated heterocycles. The molecule has 1 atom stereocenters. The highest BCUT2D eigenvalue weighted by Crippen LogP contribution is 2.34. The lowest BCUT2D eigenvalue weighted by Gasteiger charge is -2.13. The van der Waals surface area contributed by atoms with Crippen LogP contribution in [0.5, 0.6) is 5.75 Å². The van der Waals surface area contributed by atoms with Crippen LogP contribution in [0.25, 0.3) is 11.5 Å². The lowest BCUT2D eigenvalue weighted by molar-refractivity contribution is -0.137. The molecule has 1 heterocycles. The highest BCUT2D eigenvalue weighted by atomic mass is 35.5. The van der Waals surface area contributed by atoms with Crippen molar-refractivity contribution in [1.29, 1.82) is 0 Å². The smallest absolute Gasteiger partial charge is 0.416 e. The molecule has 3 rings (SSSR count). The fraction of sp³-hybridized carbons (Fsp3) is 0.250. The standard InChI is InChI=1S/C20H17ClF3N3O3S/c1-3-29-14-7-4-12(5-8-14)18-26-27-19(30-18)31-11(2)17(28)25-16-10-13(20(22,23)24)6-9-15(16)21/h4-11H,3H2,1-2H3,(H,25,28)/t11-/m1/s1. The van der Waals surface area contributed by atoms with E-state index in [9.17, 15) is 18.0 Å². The van der Waals surface area contributed by atoms with Crippen LogP contribution in [0, 0.1) is 0 Å². The molecule has 0 saturated carbocycles. The number of amides is 1. The van der Waals surface area contributed by atoms with Gasteiger partial charge in [-0.05, 0) is 56.3 Å². The van der Waals surface area contributed by atoms with Crippen LogP contribution in [0.1, 0.15) is 19.4 Å². The molecule has 0 bridgehead atoms. The van der Waals surface area contributed by atoms with Crippen molar-refractivity contribution in [3.8, 4) is 17.2 Å². The Bertz CT molecular complexity index is 1060. The Morgan fingerprint density at radius 3 is 2.58 bits per heavy atom. The minimum atomic E-state index is -4.55. The molecule has 11 heteroatoms. The van der Waals surface area contributed by atoms with Gasteiger partial charge in [0.25, 0.3) is 5.22 Å². The molecule has 0 radical (unpaired) electrons. The molecule has 0 unspecified atom stereocenters. The summed E-state index contributed by atoms with van der Waals surface area (Å²) in [6, 6.07) is 9.78. The number of anilines is 1. The molecule has 0 fully saturated rings. The van der Waals surface area contributed by atoms with Gasteiger partial charge in [0, 0.05) is 5.56 Å². The average Bonchev–Trinajstić information content (AvgIpc) is 3.18. The fourth-order valence-electron chi connectivity index (χ4n) is 2.47. The van der Waals surface area contributed by atoms with Gasteiger partial charge in [0.2, 0.25) is 11.8 Å². The van der Waals surface area contributed by atoms with Crippen LogP contribution < -0.4 is 10.1 Å². The zero-order chi connectivity index (χ0) is 22.6. The fourth-order valence-corrected chi connectivity index (χ4v) is 3.32. The molecule has 3 aromatic rings. The van der Waals surface area contributed by atoms with E-state index in [1.807, 2.05) is 6.92 Å². The Balaban J connectivity index is 1.65. The lowest BCUT2D eigenvalue weighted by Crippen LogP contribution is -2.23. The van der Waals surface area contributed by atoms with Crippen LogP contribution in [0.15, 0.2) is 52.1 Å². The summed E-state index contributed by atoms with van der Waals surface area (Å²) in [5.74, 6) is 0.407. The van der Waals surface area contributed by atoms with Gasteiger partial charge in [0.15, 0.2) is 0 Å². The normalized spacial score (nSPS) is 12.5. The molecule has 31 heavy (non-hydrogen) atoms. The molecule has 2 aromatic carbocycles. The quantitative estimate of drug-likeness (QED) is 0.430. The number of nitrogens with zero attached hydrogens (tertiary/aromatic N) is 2. The Morgan fingerprint density at radius 1 is 1.23 bits per heavy atom. The number of hydrogen-bond acceptors (Lipinski definition) is 6. The molecule has 164 valence electrons. The first kappa shape index (κ1) is 23.0. The Hall–Kier alpha value is -2.72. The number of benzene rings is 2. The lowest BCUT2D eigenvalue weighted by atomic mass is 10.2. The maximum absolute atomic E-state index is 12.9. The number of carbonyl (C=O) groups is 1. The number of ether oxygens (including phenoxy) is 1. The van der Waals surface area contributed by atoms with Crippen molar-refractivity contribution in [3.05, 3.63) is 53.1 Å². The van der Waals surface area contributed by atoms with E-state index in [1.54, 1.807) is 31.2 Å². The Kier molecular flexibility index (Phi) is 7.11. The number of hydrogen-bond donors (Lipinski definition) is 1. The summed E-state index contributed by atoms with van der Waals surface area (Å²) in [4.78, 5) is 12.4. The summed E-state index contributed by atoms with van der Waals surface area (Å²) < 4.78 is 49.6. The van der Waals surface area contributed by atoms with Gasteiger partial charge in [-0.3, -0.25) is 4.79 Å². The first-order valence-corrected chi connectivity index (χ1v) is 10.3. The third kappa shape index (κ3) is 5.92. The molecular weight excluding hydrogens is 455 g/mol. The minimum absolute atomic E-state index is 0.00544. The molecule has 1 N–H and O–H groups in total. The van der Waals surface area contributed by atoms with Crippen molar-refractivity contribution in [2.45, 2.75) is 30.5 Å². The van der Waals surface area contributed by atoms with E-state index in [0.29, 0.717) is 17.9 Å². The highest BCUT2D eigenvalue weighted by Gasteiger charge is 2.31. The average molecular weight is 472 g/mol. The van der Waals surface area contributed by atoms with Crippen molar-refractivity contribution in [1.82, 2.24) is 10.2 Å². The molecular formula is C20H17ClF3N3O3S. The van der Waals surface area contributed by atoms with Crippen molar-refractivity contribution < 1.29 is 27.1 Å². The van der Waals surface area contributed by atoms with Gasteiger partial charge in [0.1, 0.15) is 5.75 Å². The topological polar surface area (TPSA) is 77.2 Å². The van der Waals surface area contributed by atoms with Crippen LogP contribution in [0.2, 0.25) is 5.02 Å². The van der Waals surface area contributed by atoms with Crippen LogP contribution >= 0.6 is 23.4 Å². The number of halogens is 4. The van der Waals surface area contributed by atoms with Crippen LogP contribution in [-0.4, -0.2) is 28.0 Å². The van der Waals surface area contributed by atoms with E-state index in [0.717, 1.165) is 30.0 Å². The van der Waals surface area contributed by atoms with E-state index >= 15 is 0 Å². The molecule has 6 nitrogen and oxygen atoms in total. The van der Waals surface area contributed by atoms with Gasteiger partial charge in [-0.25, -0.2) is 0 Å². The SMILES string of the molecule is CCOc1ccc(-c2nnc(S[C@H](C)C(=O)Nc3cc(C(F)(F)F)ccc3Cl)o2)cc1. The summed E-state index contributed by atoms with van der Waals surface area (Å²) in [5.41, 5.74) is -0.366. The number of nitrogens with one attached hydrogen (secondary N) is 1. The number of thioether (sulfide) groups is 1. The summed E-state index contributed by atoms with van der Waals surface area (Å²) in [5, 5.41) is 9.66. The second-order valence-electron chi connectivity index (χ2n) is 6.27. The van der Waals surface area contributed by atoms with Gasteiger partial charge in [-0.15, -0.1) is 10.2 Å². The predicted octanol–water partition coefficient (Wildman–Crippen LogP) is 5.93. The first-order valence-electron chi connectivity index (χ1n) is 9.08. The van der Waals surface area contributed by atoms with Crippen molar-refractivity contribution >= 4 is 35.0 Å². The number of carbonyl (C=O) groups excluding carboxylic acids is 1. The van der Waals surface area contributed by atoms with E-state index < -0.39 is 22.9 Å². The summed E-state index contributed by atoms with van der Waals surface area (Å²) >= 11 is 6.89. The monoisotopic (exact) mass is 471 g/mol. The third-order valence-electron chi connectivity index (χ3n) is 4.02. The third-order valence-corrected chi connectivity index (χ3v) is 5.28. The Morgan fingerprint density at radius 2 is 1.94 bits per heavy atom. The molecule has 1 amide bonds. The van der Waals surface area contributed by atoms with E-state index in [4.69, 9.17) is 20.8 Å². The predicted molar refractivity (Wildman–Crippen MR) is 111 cm³/mol. The zero-order valence-electron chi connectivity index (χ0n) is 16.4. The van der Waals surface area contributed by atoms with Gasteiger partial charge >= 0.3 is 6.18 Å². The molecule has 0 aliphatic carbocycles. The second kappa shape index (κ2) is 9.61. The van der Waals surface area contributed by atoms with Gasteiger partial charge in [-0.2, -0.15) is 13.2 Å². The van der Waals surface area contributed by atoms with Crippen LogP contribution in [0.4, 0.5) is 18.9 Å². The zero-order valence-corrected chi connectivity index (χ0v) is 17.9.